The maximum Gasteiger partial charge on any atom is 0.381 e. The topological polar surface area (TPSA) is 85.7 Å². The van der Waals surface area contributed by atoms with Crippen LogP contribution in [0.3, 0.4) is 0 Å². The first-order valence-corrected chi connectivity index (χ1v) is 4.87. The SMILES string of the molecule is O=C(On1nnc2ncccc21)c1ccc[nH]1. The van der Waals surface area contributed by atoms with Crippen molar-refractivity contribution >= 4 is 17.1 Å². The first kappa shape index (κ1) is 9.52. The minimum Gasteiger partial charge on any atom is -0.356 e. The summed E-state index contributed by atoms with van der Waals surface area (Å²) >= 11 is 0. The van der Waals surface area contributed by atoms with E-state index >= 15 is 0 Å². The van der Waals surface area contributed by atoms with E-state index in [1.165, 1.54) is 0 Å². The highest BCUT2D eigenvalue weighted by Gasteiger charge is 2.12. The quantitative estimate of drug-likeness (QED) is 0.644. The number of carbonyl (C=O) groups excluding carboxylic acids is 1. The molecule has 7 nitrogen and oxygen atoms in total. The Balaban J connectivity index is 1.93. The molecular formula is C10H7N5O2. The van der Waals surface area contributed by atoms with E-state index in [0.717, 1.165) is 4.85 Å². The number of carbonyl (C=O) groups is 1. The molecule has 7 heteroatoms. The van der Waals surface area contributed by atoms with Crippen LogP contribution >= 0.6 is 0 Å². The normalized spacial score (nSPS) is 10.6. The number of hydrogen-bond acceptors (Lipinski definition) is 5. The minimum absolute atomic E-state index is 0.345. The summed E-state index contributed by atoms with van der Waals surface area (Å²) in [4.78, 5) is 24.5. The van der Waals surface area contributed by atoms with Crippen LogP contribution in [0.5, 0.6) is 0 Å². The van der Waals surface area contributed by atoms with Crippen molar-refractivity contribution < 1.29 is 9.63 Å². The fourth-order valence-electron chi connectivity index (χ4n) is 1.40. The van der Waals surface area contributed by atoms with Gasteiger partial charge in [0.2, 0.25) is 5.65 Å². The number of aromatic nitrogens is 5. The first-order valence-electron chi connectivity index (χ1n) is 4.87. The molecule has 0 amide bonds. The van der Waals surface area contributed by atoms with Crippen LogP contribution in [0.2, 0.25) is 0 Å². The molecule has 0 saturated heterocycles. The van der Waals surface area contributed by atoms with E-state index in [1.807, 2.05) is 0 Å². The molecule has 0 aliphatic heterocycles. The van der Waals surface area contributed by atoms with Gasteiger partial charge in [-0.15, -0.1) is 5.10 Å². The van der Waals surface area contributed by atoms with Crippen molar-refractivity contribution in [2.24, 2.45) is 0 Å². The second kappa shape index (κ2) is 3.71. The van der Waals surface area contributed by atoms with Gasteiger partial charge in [-0.25, -0.2) is 9.78 Å². The molecule has 0 aliphatic rings. The lowest BCUT2D eigenvalue weighted by Crippen LogP contribution is -2.21. The van der Waals surface area contributed by atoms with Crippen LogP contribution in [-0.4, -0.2) is 31.1 Å². The Hall–Kier alpha value is -2.70. The van der Waals surface area contributed by atoms with Gasteiger partial charge in [-0.1, -0.05) is 4.85 Å². The van der Waals surface area contributed by atoms with Crippen LogP contribution in [-0.2, 0) is 0 Å². The third-order valence-electron chi connectivity index (χ3n) is 2.18. The molecule has 0 aliphatic carbocycles. The molecule has 84 valence electrons. The van der Waals surface area contributed by atoms with Gasteiger partial charge in [-0.2, -0.15) is 0 Å². The summed E-state index contributed by atoms with van der Waals surface area (Å²) < 4.78 is 0. The molecule has 1 N–H and O–H groups in total. The summed E-state index contributed by atoms with van der Waals surface area (Å²) in [7, 11) is 0. The van der Waals surface area contributed by atoms with Crippen molar-refractivity contribution in [3.8, 4) is 0 Å². The summed E-state index contributed by atoms with van der Waals surface area (Å²) in [6.07, 6.45) is 3.23. The summed E-state index contributed by atoms with van der Waals surface area (Å²) in [5, 5.41) is 7.46. The summed E-state index contributed by atoms with van der Waals surface area (Å²) in [6.45, 7) is 0. The number of nitrogens with zero attached hydrogens (tertiary/aromatic N) is 4. The number of hydrogen-bond donors (Lipinski definition) is 1. The predicted octanol–water partition coefficient (Wildman–Crippen LogP) is 0.423. The van der Waals surface area contributed by atoms with E-state index < -0.39 is 5.97 Å². The predicted molar refractivity (Wildman–Crippen MR) is 57.0 cm³/mol. The fourth-order valence-corrected chi connectivity index (χ4v) is 1.40. The van der Waals surface area contributed by atoms with Gasteiger partial charge in [0.15, 0.2) is 5.52 Å². The van der Waals surface area contributed by atoms with Crippen molar-refractivity contribution in [1.29, 1.82) is 0 Å². The van der Waals surface area contributed by atoms with Crippen molar-refractivity contribution in [3.63, 3.8) is 0 Å². The lowest BCUT2D eigenvalue weighted by Gasteiger charge is -2.00. The molecule has 3 heterocycles. The average Bonchev–Trinajstić information content (AvgIpc) is 2.98. The molecule has 0 spiro atoms. The van der Waals surface area contributed by atoms with Crippen molar-refractivity contribution in [2.75, 3.05) is 0 Å². The maximum absolute atomic E-state index is 11.7. The van der Waals surface area contributed by atoms with Gasteiger partial charge < -0.3 is 9.82 Å². The Morgan fingerprint density at radius 1 is 1.35 bits per heavy atom. The third kappa shape index (κ3) is 1.63. The van der Waals surface area contributed by atoms with Crippen LogP contribution in [0, 0.1) is 0 Å². The maximum atomic E-state index is 11.7. The molecule has 3 aromatic rings. The van der Waals surface area contributed by atoms with E-state index in [9.17, 15) is 4.79 Å². The van der Waals surface area contributed by atoms with E-state index in [0.29, 0.717) is 16.9 Å². The smallest absolute Gasteiger partial charge is 0.356 e. The standard InChI is InChI=1S/C10H7N5O2/c16-10(7-3-1-5-11-7)17-15-8-4-2-6-12-9(8)13-14-15/h1-6,11H. The van der Waals surface area contributed by atoms with E-state index in [4.69, 9.17) is 4.84 Å². The summed E-state index contributed by atoms with van der Waals surface area (Å²) in [5.74, 6) is -0.536. The highest BCUT2D eigenvalue weighted by atomic mass is 16.7. The number of H-pyrrole nitrogens is 1. The number of fused-ring (bicyclic) bond motifs is 1. The van der Waals surface area contributed by atoms with E-state index in [1.54, 1.807) is 36.7 Å². The van der Waals surface area contributed by atoms with Crippen LogP contribution < -0.4 is 4.84 Å². The lowest BCUT2D eigenvalue weighted by atomic mass is 10.4. The Kier molecular flexibility index (Phi) is 2.08. The zero-order valence-electron chi connectivity index (χ0n) is 8.57. The number of rotatable bonds is 2. The molecule has 0 fully saturated rings. The van der Waals surface area contributed by atoms with Crippen molar-refractivity contribution in [3.05, 3.63) is 42.4 Å². The molecular weight excluding hydrogens is 222 g/mol. The van der Waals surface area contributed by atoms with Gasteiger partial charge in [0, 0.05) is 12.4 Å². The second-order valence-electron chi connectivity index (χ2n) is 3.27. The number of aromatic amines is 1. The molecule has 0 atom stereocenters. The zero-order valence-corrected chi connectivity index (χ0v) is 8.57. The van der Waals surface area contributed by atoms with Gasteiger partial charge in [-0.3, -0.25) is 0 Å². The van der Waals surface area contributed by atoms with Crippen molar-refractivity contribution in [1.82, 2.24) is 25.1 Å². The number of nitrogens with one attached hydrogen (secondary N) is 1. The highest BCUT2D eigenvalue weighted by molar-refractivity contribution is 5.87. The Morgan fingerprint density at radius 3 is 3.12 bits per heavy atom. The van der Waals surface area contributed by atoms with Crippen LogP contribution in [0.4, 0.5) is 0 Å². The molecule has 0 unspecified atom stereocenters. The minimum atomic E-state index is -0.536. The molecule has 17 heavy (non-hydrogen) atoms. The average molecular weight is 229 g/mol. The highest BCUT2D eigenvalue weighted by Crippen LogP contribution is 2.05. The monoisotopic (exact) mass is 229 g/mol. The Bertz CT molecular complexity index is 658. The molecule has 0 aromatic carbocycles. The van der Waals surface area contributed by atoms with E-state index in [-0.39, 0.29) is 0 Å². The largest absolute Gasteiger partial charge is 0.381 e. The van der Waals surface area contributed by atoms with Gasteiger partial charge in [0.25, 0.3) is 0 Å². The fraction of sp³-hybridized carbons (Fsp3) is 0. The van der Waals surface area contributed by atoms with Crippen LogP contribution in [0.15, 0.2) is 36.7 Å². The molecule has 3 aromatic heterocycles. The van der Waals surface area contributed by atoms with Crippen LogP contribution in [0.1, 0.15) is 10.5 Å². The first-order chi connectivity index (χ1) is 8.34. The van der Waals surface area contributed by atoms with E-state index in [2.05, 4.69) is 20.3 Å². The van der Waals surface area contributed by atoms with Crippen LogP contribution in [0.25, 0.3) is 11.2 Å². The van der Waals surface area contributed by atoms with Gasteiger partial charge in [0.1, 0.15) is 5.69 Å². The molecule has 3 rings (SSSR count). The second-order valence-corrected chi connectivity index (χ2v) is 3.27. The third-order valence-corrected chi connectivity index (χ3v) is 2.18. The molecule has 0 bridgehead atoms. The zero-order chi connectivity index (χ0) is 11.7. The van der Waals surface area contributed by atoms with Gasteiger partial charge in [-0.05, 0) is 29.5 Å². The summed E-state index contributed by atoms with van der Waals surface area (Å²) in [6, 6.07) is 6.74. The van der Waals surface area contributed by atoms with Gasteiger partial charge >= 0.3 is 5.97 Å². The van der Waals surface area contributed by atoms with Crippen molar-refractivity contribution in [2.45, 2.75) is 0 Å². The number of pyridine rings is 1. The Labute approximate surface area is 95.0 Å². The Morgan fingerprint density at radius 2 is 2.29 bits per heavy atom. The summed E-state index contributed by atoms with van der Waals surface area (Å²) in [5.41, 5.74) is 1.30. The molecule has 0 radical (unpaired) electrons. The lowest BCUT2D eigenvalue weighted by molar-refractivity contribution is 0.0403. The van der Waals surface area contributed by atoms with Gasteiger partial charge in [0.05, 0.1) is 0 Å². The molecule has 0 saturated carbocycles.